The van der Waals surface area contributed by atoms with Gasteiger partial charge in [0, 0.05) is 16.2 Å². The summed E-state index contributed by atoms with van der Waals surface area (Å²) in [4.78, 5) is 21.0. The molecule has 1 aliphatic rings. The van der Waals surface area contributed by atoms with E-state index >= 15 is 0 Å². The second kappa shape index (κ2) is 7.97. The van der Waals surface area contributed by atoms with Gasteiger partial charge in [-0.2, -0.15) is 0 Å². The number of hydrogen-bond donors (Lipinski definition) is 2. The van der Waals surface area contributed by atoms with Crippen LogP contribution in [-0.4, -0.2) is 17.4 Å². The Labute approximate surface area is 106 Å². The van der Waals surface area contributed by atoms with Gasteiger partial charge in [-0.15, -0.1) is 0 Å². The molecule has 3 N–H and O–H groups in total. The minimum absolute atomic E-state index is 0.667. The molecule has 1 rings (SSSR count). The molecule has 5 nitrogen and oxygen atoms in total. The first-order valence-corrected chi connectivity index (χ1v) is 8.49. The molecule has 0 radical (unpaired) electrons. The van der Waals surface area contributed by atoms with E-state index in [1.54, 1.807) is 10.8 Å². The number of rotatable bonds is 4. The van der Waals surface area contributed by atoms with Crippen LogP contribution in [0.1, 0.15) is 32.1 Å². The van der Waals surface area contributed by atoms with E-state index in [2.05, 4.69) is 15.2 Å². The molecule has 16 heavy (non-hydrogen) atoms. The Balaban J connectivity index is 1.98. The summed E-state index contributed by atoms with van der Waals surface area (Å²) in [6, 6.07) is 0. The molecule has 0 aromatic rings. The van der Waals surface area contributed by atoms with E-state index in [4.69, 9.17) is 0 Å². The molecule has 2 amide bonds. The van der Waals surface area contributed by atoms with Gasteiger partial charge in [0.2, 0.25) is 0 Å². The van der Waals surface area contributed by atoms with Gasteiger partial charge in [-0.05, 0) is 22.7 Å². The summed E-state index contributed by atoms with van der Waals surface area (Å²) in [7, 11) is 4.38. The Morgan fingerprint density at radius 3 is 2.56 bits per heavy atom. The molecular formula is C8H14N2O3S3. The number of nitrogens with one attached hydrogen (secondary N) is 1. The summed E-state index contributed by atoms with van der Waals surface area (Å²) in [5.41, 5.74) is 4.67. The third-order valence-electron chi connectivity index (χ3n) is 2.08. The van der Waals surface area contributed by atoms with Crippen molar-refractivity contribution < 1.29 is 14.3 Å². The van der Waals surface area contributed by atoms with Crippen LogP contribution < -0.4 is 10.5 Å². The first kappa shape index (κ1) is 13.9. The average Bonchev–Trinajstić information content (AvgIpc) is 2.25. The maximum absolute atomic E-state index is 10.8. The van der Waals surface area contributed by atoms with E-state index in [-0.39, 0.29) is 0 Å². The molecule has 0 heterocycles. The number of amides is 2. The van der Waals surface area contributed by atoms with E-state index < -0.39 is 12.2 Å². The van der Waals surface area contributed by atoms with Gasteiger partial charge in [0.25, 0.3) is 0 Å². The fourth-order valence-electron chi connectivity index (χ4n) is 1.40. The molecule has 0 aromatic heterocycles. The van der Waals surface area contributed by atoms with Crippen LogP contribution in [0, 0.1) is 0 Å². The van der Waals surface area contributed by atoms with Crippen LogP contribution in [0.4, 0.5) is 9.59 Å². The van der Waals surface area contributed by atoms with Gasteiger partial charge < -0.3 is 10.5 Å². The summed E-state index contributed by atoms with van der Waals surface area (Å²) in [6.45, 7) is 0. The van der Waals surface area contributed by atoms with Crippen molar-refractivity contribution in [1.29, 1.82) is 0 Å². The minimum Gasteiger partial charge on any atom is -0.359 e. The number of carbonyl (C=O) groups is 2. The van der Waals surface area contributed by atoms with Crippen molar-refractivity contribution in [1.82, 2.24) is 4.72 Å². The van der Waals surface area contributed by atoms with Gasteiger partial charge in [0.05, 0.1) is 0 Å². The number of hydrogen-bond acceptors (Lipinski definition) is 6. The van der Waals surface area contributed by atoms with E-state index in [1.165, 1.54) is 41.9 Å². The van der Waals surface area contributed by atoms with Crippen molar-refractivity contribution in [2.75, 3.05) is 0 Å². The number of ether oxygens (including phenoxy) is 1. The topological polar surface area (TPSA) is 81.4 Å². The zero-order valence-electron chi connectivity index (χ0n) is 8.64. The molecule has 1 aliphatic carbocycles. The van der Waals surface area contributed by atoms with E-state index in [9.17, 15) is 9.59 Å². The molecule has 0 unspecified atom stereocenters. The highest BCUT2D eigenvalue weighted by Gasteiger charge is 2.14. The Bertz CT molecular complexity index is 247. The maximum atomic E-state index is 10.8. The largest absolute Gasteiger partial charge is 0.426 e. The lowest BCUT2D eigenvalue weighted by molar-refractivity contribution is 0.162. The highest BCUT2D eigenvalue weighted by Crippen LogP contribution is 2.41. The lowest BCUT2D eigenvalue weighted by Gasteiger charge is -2.19. The van der Waals surface area contributed by atoms with Crippen molar-refractivity contribution in [3.8, 4) is 0 Å². The highest BCUT2D eigenvalue weighted by molar-refractivity contribution is 9.09. The lowest BCUT2D eigenvalue weighted by atomic mass is 10.0. The van der Waals surface area contributed by atoms with Gasteiger partial charge in [0.15, 0.2) is 0 Å². The van der Waals surface area contributed by atoms with Crippen molar-refractivity contribution in [3.63, 3.8) is 0 Å². The SMILES string of the molecule is NC(=O)OC(=O)NSSSC1CCCCC1. The monoisotopic (exact) mass is 282 g/mol. The third kappa shape index (κ3) is 6.39. The van der Waals surface area contributed by atoms with Gasteiger partial charge in [-0.25, -0.2) is 9.59 Å². The standard InChI is InChI=1S/C8H14N2O3S3/c9-7(11)13-8(12)10-15-16-14-6-4-2-1-3-5-6/h6H,1-5H2,(H2,9,11)(H,10,12). The third-order valence-corrected chi connectivity index (χ3v) is 6.05. The van der Waals surface area contributed by atoms with Crippen molar-refractivity contribution in [3.05, 3.63) is 0 Å². The lowest BCUT2D eigenvalue weighted by Crippen LogP contribution is -2.24. The van der Waals surface area contributed by atoms with Crippen molar-refractivity contribution in [2.45, 2.75) is 37.4 Å². The van der Waals surface area contributed by atoms with Crippen LogP contribution in [0.5, 0.6) is 0 Å². The van der Waals surface area contributed by atoms with Crippen LogP contribution in [-0.2, 0) is 4.74 Å². The van der Waals surface area contributed by atoms with Crippen molar-refractivity contribution >= 4 is 43.8 Å². The van der Waals surface area contributed by atoms with Gasteiger partial charge in [0.1, 0.15) is 0 Å². The molecule has 0 aliphatic heterocycles. The molecule has 0 atom stereocenters. The predicted octanol–water partition coefficient (Wildman–Crippen LogP) is 3.07. The Kier molecular flexibility index (Phi) is 6.90. The average molecular weight is 282 g/mol. The van der Waals surface area contributed by atoms with Gasteiger partial charge >= 0.3 is 12.2 Å². The second-order valence-corrected chi connectivity index (χ2v) is 7.39. The van der Waals surface area contributed by atoms with E-state index in [0.29, 0.717) is 5.25 Å². The van der Waals surface area contributed by atoms with Crippen LogP contribution in [0.2, 0.25) is 0 Å². The molecule has 1 fully saturated rings. The normalized spacial score (nSPS) is 16.8. The summed E-state index contributed by atoms with van der Waals surface area (Å²) in [6.07, 6.45) is 4.48. The molecule has 92 valence electrons. The Morgan fingerprint density at radius 2 is 1.94 bits per heavy atom. The summed E-state index contributed by atoms with van der Waals surface area (Å²) in [5, 5.41) is 0.667. The van der Waals surface area contributed by atoms with Crippen LogP contribution in [0.3, 0.4) is 0 Å². The first-order valence-electron chi connectivity index (χ1n) is 4.94. The van der Waals surface area contributed by atoms with Crippen LogP contribution in [0.25, 0.3) is 0 Å². The number of primary amides is 1. The molecule has 0 bridgehead atoms. The molecule has 1 saturated carbocycles. The fourth-order valence-corrected chi connectivity index (χ4v) is 5.21. The molecule has 0 aromatic carbocycles. The fraction of sp³-hybridized carbons (Fsp3) is 0.750. The van der Waals surface area contributed by atoms with Gasteiger partial charge in [-0.1, -0.05) is 30.1 Å². The number of carbonyl (C=O) groups excluding carboxylic acids is 2. The Hall–Kier alpha value is -0.210. The van der Waals surface area contributed by atoms with Crippen molar-refractivity contribution in [2.24, 2.45) is 5.73 Å². The second-order valence-electron chi connectivity index (χ2n) is 3.32. The molecular weight excluding hydrogens is 268 g/mol. The Morgan fingerprint density at radius 1 is 1.25 bits per heavy atom. The minimum atomic E-state index is -1.09. The first-order chi connectivity index (χ1) is 7.68. The van der Waals surface area contributed by atoms with Crippen LogP contribution >= 0.6 is 31.6 Å². The van der Waals surface area contributed by atoms with E-state index in [1.807, 2.05) is 0 Å². The smallest absolute Gasteiger partial charge is 0.359 e. The van der Waals surface area contributed by atoms with Gasteiger partial charge in [-0.3, -0.25) is 4.72 Å². The molecule has 8 heteroatoms. The zero-order chi connectivity index (χ0) is 11.8. The maximum Gasteiger partial charge on any atom is 0.426 e. The van der Waals surface area contributed by atoms with Crippen LogP contribution in [0.15, 0.2) is 0 Å². The van der Waals surface area contributed by atoms with E-state index in [0.717, 1.165) is 11.0 Å². The predicted molar refractivity (Wildman–Crippen MR) is 68.8 cm³/mol. The highest BCUT2D eigenvalue weighted by atomic mass is 33.5. The summed E-state index contributed by atoms with van der Waals surface area (Å²) < 4.78 is 6.44. The summed E-state index contributed by atoms with van der Waals surface area (Å²) >= 11 is 0. The molecule has 0 saturated heterocycles. The summed E-state index contributed by atoms with van der Waals surface area (Å²) in [5.74, 6) is 0. The zero-order valence-corrected chi connectivity index (χ0v) is 11.1. The number of nitrogens with two attached hydrogens (primary N) is 1. The molecule has 0 spiro atoms. The quantitative estimate of drug-likeness (QED) is 0.357.